The molecule has 0 unspecified atom stereocenters. The molecule has 1 fully saturated rings. The zero-order valence-corrected chi connectivity index (χ0v) is 21.4. The third-order valence-electron chi connectivity index (χ3n) is 6.13. The van der Waals surface area contributed by atoms with Crippen molar-refractivity contribution in [3.8, 4) is 23.2 Å². The fourth-order valence-electron chi connectivity index (χ4n) is 4.36. The first-order valence-corrected chi connectivity index (χ1v) is 12.2. The van der Waals surface area contributed by atoms with E-state index in [1.807, 2.05) is 52.0 Å². The number of hydrogen-bond acceptors (Lipinski definition) is 8. The average molecular weight is 503 g/mol. The van der Waals surface area contributed by atoms with Gasteiger partial charge in [-0.15, -0.1) is 0 Å². The number of nitrogens with zero attached hydrogens (tertiary/aromatic N) is 5. The lowest BCUT2D eigenvalue weighted by Gasteiger charge is -2.30. The van der Waals surface area contributed by atoms with Crippen LogP contribution in [-0.2, 0) is 9.53 Å². The molecular weight excluding hydrogens is 472 g/mol. The number of carbonyl (C=O) groups is 1. The Bertz CT molecular complexity index is 1420. The summed E-state index contributed by atoms with van der Waals surface area (Å²) in [5.41, 5.74) is 3.85. The SMILES string of the molecule is Cc1cc(C)n(-c2cc(NC(=O)COc3cccc(N4CCOCC4)c3C)nc(-c3ccc(C)o3)n2)n1. The number of anilines is 2. The summed E-state index contributed by atoms with van der Waals surface area (Å²) in [6.45, 7) is 10.6. The van der Waals surface area contributed by atoms with E-state index in [1.54, 1.807) is 16.8 Å². The summed E-state index contributed by atoms with van der Waals surface area (Å²) < 4.78 is 18.8. The molecule has 37 heavy (non-hydrogen) atoms. The van der Waals surface area contributed by atoms with Gasteiger partial charge in [-0.2, -0.15) is 5.10 Å². The fourth-order valence-corrected chi connectivity index (χ4v) is 4.36. The summed E-state index contributed by atoms with van der Waals surface area (Å²) in [6.07, 6.45) is 0. The van der Waals surface area contributed by atoms with Gasteiger partial charge < -0.3 is 24.1 Å². The van der Waals surface area contributed by atoms with Gasteiger partial charge in [0.25, 0.3) is 5.91 Å². The third kappa shape index (κ3) is 5.49. The maximum Gasteiger partial charge on any atom is 0.263 e. The Morgan fingerprint density at radius 3 is 2.57 bits per heavy atom. The molecule has 4 aromatic rings. The van der Waals surface area contributed by atoms with E-state index in [4.69, 9.17) is 13.9 Å². The molecule has 1 amide bonds. The van der Waals surface area contributed by atoms with E-state index in [1.165, 1.54) is 0 Å². The molecule has 10 nitrogen and oxygen atoms in total. The standard InChI is InChI=1S/C27H30N6O4/c1-17-14-18(2)33(31-17)25-15-24(29-27(30-25)23-9-8-19(3)37-23)28-26(34)16-36-22-7-5-6-21(20(22)4)32-10-12-35-13-11-32/h5-9,14-15H,10-13,16H2,1-4H3,(H,28,29,30,34). The third-order valence-corrected chi connectivity index (χ3v) is 6.13. The van der Waals surface area contributed by atoms with Crippen LogP contribution in [0.25, 0.3) is 17.4 Å². The highest BCUT2D eigenvalue weighted by Crippen LogP contribution is 2.29. The molecule has 1 N–H and O–H groups in total. The molecule has 0 radical (unpaired) electrons. The molecular formula is C27H30N6O4. The average Bonchev–Trinajstić information content (AvgIpc) is 3.48. The molecule has 3 aromatic heterocycles. The van der Waals surface area contributed by atoms with Crippen LogP contribution >= 0.6 is 0 Å². The van der Waals surface area contributed by atoms with Gasteiger partial charge >= 0.3 is 0 Å². The van der Waals surface area contributed by atoms with Gasteiger partial charge in [0.15, 0.2) is 24.0 Å². The molecule has 5 rings (SSSR count). The van der Waals surface area contributed by atoms with Crippen molar-refractivity contribution in [2.45, 2.75) is 27.7 Å². The van der Waals surface area contributed by atoms with E-state index in [2.05, 4.69) is 31.3 Å². The molecule has 0 aliphatic carbocycles. The molecule has 0 spiro atoms. The minimum Gasteiger partial charge on any atom is -0.483 e. The van der Waals surface area contributed by atoms with Crippen molar-refractivity contribution >= 4 is 17.4 Å². The van der Waals surface area contributed by atoms with Crippen molar-refractivity contribution < 1.29 is 18.7 Å². The number of nitrogens with one attached hydrogen (secondary N) is 1. The Morgan fingerprint density at radius 1 is 1.05 bits per heavy atom. The highest BCUT2D eigenvalue weighted by atomic mass is 16.5. The molecule has 4 heterocycles. The molecule has 1 aliphatic rings. The summed E-state index contributed by atoms with van der Waals surface area (Å²) in [5, 5.41) is 7.36. The molecule has 1 aliphatic heterocycles. The highest BCUT2D eigenvalue weighted by molar-refractivity contribution is 5.91. The summed E-state index contributed by atoms with van der Waals surface area (Å²) in [7, 11) is 0. The second kappa shape index (κ2) is 10.4. The topological polar surface area (TPSA) is 108 Å². The number of morpholine rings is 1. The highest BCUT2D eigenvalue weighted by Gasteiger charge is 2.18. The lowest BCUT2D eigenvalue weighted by Crippen LogP contribution is -2.36. The van der Waals surface area contributed by atoms with Crippen LogP contribution < -0.4 is 15.0 Å². The number of hydrogen-bond donors (Lipinski definition) is 1. The first kappa shape index (κ1) is 24.5. The second-order valence-electron chi connectivity index (χ2n) is 9.02. The predicted octanol–water partition coefficient (Wildman–Crippen LogP) is 4.01. The summed E-state index contributed by atoms with van der Waals surface area (Å²) in [5.74, 6) is 2.77. The van der Waals surface area contributed by atoms with Crippen LogP contribution in [0.1, 0.15) is 22.7 Å². The lowest BCUT2D eigenvalue weighted by molar-refractivity contribution is -0.118. The summed E-state index contributed by atoms with van der Waals surface area (Å²) in [6, 6.07) is 13.2. The summed E-state index contributed by atoms with van der Waals surface area (Å²) in [4.78, 5) is 24.3. The second-order valence-corrected chi connectivity index (χ2v) is 9.02. The van der Waals surface area contributed by atoms with E-state index in [9.17, 15) is 4.79 Å². The maximum absolute atomic E-state index is 12.9. The number of aromatic nitrogens is 4. The van der Waals surface area contributed by atoms with Gasteiger partial charge in [-0.3, -0.25) is 4.79 Å². The predicted molar refractivity (Wildman–Crippen MR) is 139 cm³/mol. The van der Waals surface area contributed by atoms with Gasteiger partial charge in [0.05, 0.1) is 18.9 Å². The molecule has 0 atom stereocenters. The maximum atomic E-state index is 12.9. The number of furan rings is 1. The Labute approximate surface area is 215 Å². The van der Waals surface area contributed by atoms with Gasteiger partial charge in [0.2, 0.25) is 0 Å². The zero-order valence-electron chi connectivity index (χ0n) is 21.4. The molecule has 1 aromatic carbocycles. The minimum atomic E-state index is -0.337. The van der Waals surface area contributed by atoms with Crippen LogP contribution in [0.4, 0.5) is 11.5 Å². The number of amides is 1. The smallest absolute Gasteiger partial charge is 0.263 e. The summed E-state index contributed by atoms with van der Waals surface area (Å²) >= 11 is 0. The molecule has 0 bridgehead atoms. The molecule has 10 heteroatoms. The number of benzene rings is 1. The number of aryl methyl sites for hydroxylation is 3. The van der Waals surface area contributed by atoms with Crippen LogP contribution in [-0.4, -0.2) is 58.6 Å². The molecule has 192 valence electrons. The molecule has 0 saturated carbocycles. The van der Waals surface area contributed by atoms with Gasteiger partial charge in [0.1, 0.15) is 17.3 Å². The lowest BCUT2D eigenvalue weighted by atomic mass is 10.1. The van der Waals surface area contributed by atoms with E-state index in [0.717, 1.165) is 41.5 Å². The van der Waals surface area contributed by atoms with Gasteiger partial charge in [0, 0.05) is 36.1 Å². The van der Waals surface area contributed by atoms with Gasteiger partial charge in [-0.1, -0.05) is 6.07 Å². The monoisotopic (exact) mass is 502 g/mol. The quantitative estimate of drug-likeness (QED) is 0.404. The van der Waals surface area contributed by atoms with E-state index in [0.29, 0.717) is 42.2 Å². The van der Waals surface area contributed by atoms with Crippen LogP contribution in [0.2, 0.25) is 0 Å². The van der Waals surface area contributed by atoms with Crippen LogP contribution in [0.3, 0.4) is 0 Å². The number of carbonyl (C=O) groups excluding carboxylic acids is 1. The Morgan fingerprint density at radius 2 is 1.86 bits per heavy atom. The molecule has 1 saturated heterocycles. The number of rotatable bonds is 7. The Hall–Kier alpha value is -4.18. The van der Waals surface area contributed by atoms with Crippen molar-refractivity contribution in [2.75, 3.05) is 43.1 Å². The fraction of sp³-hybridized carbons (Fsp3) is 0.333. The minimum absolute atomic E-state index is 0.165. The normalized spacial score (nSPS) is 13.6. The zero-order chi connectivity index (χ0) is 25.9. The van der Waals surface area contributed by atoms with Crippen molar-refractivity contribution in [3.05, 3.63) is 65.2 Å². The van der Waals surface area contributed by atoms with Crippen molar-refractivity contribution in [1.82, 2.24) is 19.7 Å². The van der Waals surface area contributed by atoms with Crippen molar-refractivity contribution in [1.29, 1.82) is 0 Å². The Balaban J connectivity index is 1.35. The van der Waals surface area contributed by atoms with Crippen LogP contribution in [0.15, 0.2) is 46.9 Å². The van der Waals surface area contributed by atoms with Crippen LogP contribution in [0, 0.1) is 27.7 Å². The first-order valence-electron chi connectivity index (χ1n) is 12.2. The van der Waals surface area contributed by atoms with E-state index in [-0.39, 0.29) is 12.5 Å². The van der Waals surface area contributed by atoms with Gasteiger partial charge in [-0.25, -0.2) is 14.6 Å². The first-order chi connectivity index (χ1) is 17.9. The Kier molecular flexibility index (Phi) is 6.91. The van der Waals surface area contributed by atoms with Crippen molar-refractivity contribution in [3.63, 3.8) is 0 Å². The van der Waals surface area contributed by atoms with Crippen molar-refractivity contribution in [2.24, 2.45) is 0 Å². The van der Waals surface area contributed by atoms with Gasteiger partial charge in [-0.05, 0) is 58.0 Å². The number of ether oxygens (including phenoxy) is 2. The van der Waals surface area contributed by atoms with E-state index >= 15 is 0 Å². The van der Waals surface area contributed by atoms with Crippen LogP contribution in [0.5, 0.6) is 5.75 Å². The largest absolute Gasteiger partial charge is 0.483 e. The van der Waals surface area contributed by atoms with E-state index < -0.39 is 0 Å².